The number of benzene rings is 2. The molecule has 2 aromatic carbocycles. The molecule has 1 aliphatic heterocycles. The second-order valence-electron chi connectivity index (χ2n) is 12.1. The van der Waals surface area contributed by atoms with Crippen molar-refractivity contribution in [3.8, 4) is 16.8 Å². The number of hydrogen-bond acceptors (Lipinski definition) is 8. The second kappa shape index (κ2) is 11.4. The summed E-state index contributed by atoms with van der Waals surface area (Å²) in [6.45, 7) is 5.71. The highest BCUT2D eigenvalue weighted by Gasteiger charge is 2.37. The molecular weight excluding hydrogens is 603 g/mol. The number of hydrogen-bond donors (Lipinski definition) is 1. The lowest BCUT2D eigenvalue weighted by atomic mass is 10.0. The summed E-state index contributed by atoms with van der Waals surface area (Å²) >= 11 is 0. The van der Waals surface area contributed by atoms with Crippen LogP contribution in [0.1, 0.15) is 32.2 Å². The lowest BCUT2D eigenvalue weighted by Crippen LogP contribution is -2.50. The van der Waals surface area contributed by atoms with Crippen LogP contribution in [0.5, 0.6) is 0 Å². The zero-order chi connectivity index (χ0) is 33.0. The minimum absolute atomic E-state index is 0.0338. The zero-order valence-electron chi connectivity index (χ0n) is 25.7. The Morgan fingerprint density at radius 1 is 0.935 bits per heavy atom. The number of aryl methyl sites for hydroxylation is 1. The standard InChI is InChI=1S/C32H32F3N7O4/c1-31(2,3)46-30(45)41-11-9-40(10-12-41)25-8-6-21(14-23(25)32(33,34)35)42-28-22-13-19(20-15-37-27(18-43)38-16-20)5-7-24(22)36-17-26(28)39(4)29(42)44/h5-8,13-17,43H,9-12,18H2,1-4H3. The van der Waals surface area contributed by atoms with Crippen molar-refractivity contribution < 1.29 is 27.8 Å². The molecule has 14 heteroatoms. The first kappa shape index (κ1) is 31.0. The van der Waals surface area contributed by atoms with Crippen molar-refractivity contribution in [3.05, 3.63) is 76.9 Å². The topological polar surface area (TPSA) is 119 Å². The summed E-state index contributed by atoms with van der Waals surface area (Å²) in [5.41, 5.74) is 0.646. The Bertz CT molecular complexity index is 2010. The first-order valence-corrected chi connectivity index (χ1v) is 14.6. The van der Waals surface area contributed by atoms with Crippen LogP contribution in [0, 0.1) is 0 Å². The molecule has 0 bridgehead atoms. The van der Waals surface area contributed by atoms with Gasteiger partial charge in [0.05, 0.1) is 34.0 Å². The number of halogens is 3. The van der Waals surface area contributed by atoms with Crippen molar-refractivity contribution in [2.45, 2.75) is 39.2 Å². The van der Waals surface area contributed by atoms with Crippen molar-refractivity contribution in [1.29, 1.82) is 0 Å². The van der Waals surface area contributed by atoms with E-state index in [0.29, 0.717) is 33.1 Å². The molecule has 0 spiro atoms. The molecule has 11 nitrogen and oxygen atoms in total. The van der Waals surface area contributed by atoms with Crippen LogP contribution in [0.4, 0.5) is 23.7 Å². The largest absolute Gasteiger partial charge is 0.444 e. The number of aliphatic hydroxyl groups is 1. The number of pyridine rings is 1. The molecular formula is C32H32F3N7O4. The van der Waals surface area contributed by atoms with Crippen LogP contribution in [-0.2, 0) is 24.6 Å². The summed E-state index contributed by atoms with van der Waals surface area (Å²) in [4.78, 5) is 41.9. The van der Waals surface area contributed by atoms with Gasteiger partial charge >= 0.3 is 18.0 Å². The Morgan fingerprint density at radius 2 is 1.63 bits per heavy atom. The van der Waals surface area contributed by atoms with Gasteiger partial charge in [-0.2, -0.15) is 13.2 Å². The van der Waals surface area contributed by atoms with Gasteiger partial charge in [0.2, 0.25) is 0 Å². The van der Waals surface area contributed by atoms with Gasteiger partial charge in [0.1, 0.15) is 12.2 Å². The average Bonchev–Trinajstić information content (AvgIpc) is 3.29. The number of fused-ring (bicyclic) bond motifs is 3. The Balaban J connectivity index is 1.42. The number of amides is 1. The van der Waals surface area contributed by atoms with Gasteiger partial charge in [-0.25, -0.2) is 19.6 Å². The van der Waals surface area contributed by atoms with Crippen molar-refractivity contribution >= 4 is 33.7 Å². The third-order valence-corrected chi connectivity index (χ3v) is 7.88. The van der Waals surface area contributed by atoms with Gasteiger partial charge in [0.15, 0.2) is 5.82 Å². The Labute approximate surface area is 261 Å². The van der Waals surface area contributed by atoms with Crippen molar-refractivity contribution in [3.63, 3.8) is 0 Å². The van der Waals surface area contributed by atoms with E-state index >= 15 is 0 Å². The summed E-state index contributed by atoms with van der Waals surface area (Å²) < 4.78 is 51.9. The Morgan fingerprint density at radius 3 is 2.26 bits per heavy atom. The Kier molecular flexibility index (Phi) is 7.71. The minimum atomic E-state index is -4.72. The van der Waals surface area contributed by atoms with Crippen LogP contribution >= 0.6 is 0 Å². The Hall–Kier alpha value is -4.98. The lowest BCUT2D eigenvalue weighted by molar-refractivity contribution is -0.137. The number of carbonyl (C=O) groups excluding carboxylic acids is 1. The van der Waals surface area contributed by atoms with Crippen LogP contribution in [0.15, 0.2) is 59.8 Å². The van der Waals surface area contributed by atoms with Gasteiger partial charge in [-0.3, -0.25) is 14.1 Å². The molecule has 240 valence electrons. The third-order valence-electron chi connectivity index (χ3n) is 7.88. The number of anilines is 1. The maximum Gasteiger partial charge on any atom is 0.418 e. The van der Waals surface area contributed by atoms with Gasteiger partial charge in [0, 0.05) is 62.3 Å². The van der Waals surface area contributed by atoms with Gasteiger partial charge in [-0.15, -0.1) is 0 Å². The molecule has 4 heterocycles. The normalized spacial score (nSPS) is 14.3. The molecule has 1 N–H and O–H groups in total. The molecule has 0 atom stereocenters. The zero-order valence-corrected chi connectivity index (χ0v) is 25.7. The lowest BCUT2D eigenvalue weighted by Gasteiger charge is -2.37. The fraction of sp³-hybridized carbons (Fsp3) is 0.344. The predicted molar refractivity (Wildman–Crippen MR) is 166 cm³/mol. The molecule has 1 fully saturated rings. The molecule has 0 aliphatic carbocycles. The highest BCUT2D eigenvalue weighted by molar-refractivity contribution is 6.04. The summed E-state index contributed by atoms with van der Waals surface area (Å²) in [5, 5.41) is 9.84. The van der Waals surface area contributed by atoms with E-state index in [9.17, 15) is 27.9 Å². The molecule has 0 radical (unpaired) electrons. The van der Waals surface area contributed by atoms with Crippen LogP contribution in [0.2, 0.25) is 0 Å². The minimum Gasteiger partial charge on any atom is -0.444 e. The average molecular weight is 636 g/mol. The van der Waals surface area contributed by atoms with E-state index in [1.165, 1.54) is 32.4 Å². The fourth-order valence-electron chi connectivity index (χ4n) is 5.62. The number of imidazole rings is 1. The van der Waals surface area contributed by atoms with Gasteiger partial charge < -0.3 is 19.6 Å². The van der Waals surface area contributed by atoms with E-state index in [1.54, 1.807) is 57.2 Å². The quantitative estimate of drug-likeness (QED) is 0.296. The molecule has 46 heavy (non-hydrogen) atoms. The number of aliphatic hydroxyl groups excluding tert-OH is 1. The highest BCUT2D eigenvalue weighted by Crippen LogP contribution is 2.39. The summed E-state index contributed by atoms with van der Waals surface area (Å²) in [6, 6.07) is 9.23. The van der Waals surface area contributed by atoms with E-state index in [-0.39, 0.29) is 50.0 Å². The number of nitrogens with zero attached hydrogens (tertiary/aromatic N) is 7. The number of carbonyl (C=O) groups is 1. The summed E-state index contributed by atoms with van der Waals surface area (Å²) in [7, 11) is 1.54. The molecule has 1 aliphatic rings. The first-order chi connectivity index (χ1) is 21.7. The first-order valence-electron chi connectivity index (χ1n) is 14.6. The number of piperazine rings is 1. The van der Waals surface area contributed by atoms with Crippen LogP contribution in [0.25, 0.3) is 38.8 Å². The van der Waals surface area contributed by atoms with E-state index in [0.717, 1.165) is 6.07 Å². The number of alkyl halides is 3. The molecule has 3 aromatic heterocycles. The summed E-state index contributed by atoms with van der Waals surface area (Å²) in [5.74, 6) is 0.263. The third kappa shape index (κ3) is 5.75. The van der Waals surface area contributed by atoms with Crippen molar-refractivity contribution in [2.75, 3.05) is 31.1 Å². The van der Waals surface area contributed by atoms with E-state index in [2.05, 4.69) is 15.0 Å². The molecule has 6 rings (SSSR count). The molecule has 1 saturated heterocycles. The van der Waals surface area contributed by atoms with E-state index in [4.69, 9.17) is 4.74 Å². The van der Waals surface area contributed by atoms with Crippen LogP contribution in [-0.4, -0.2) is 72.0 Å². The number of rotatable bonds is 4. The monoisotopic (exact) mass is 635 g/mol. The van der Waals surface area contributed by atoms with E-state index in [1.807, 2.05) is 6.07 Å². The molecule has 0 saturated carbocycles. The predicted octanol–water partition coefficient (Wildman–Crippen LogP) is 4.90. The smallest absolute Gasteiger partial charge is 0.418 e. The second-order valence-corrected chi connectivity index (χ2v) is 12.1. The van der Waals surface area contributed by atoms with Crippen molar-refractivity contribution in [2.24, 2.45) is 7.05 Å². The van der Waals surface area contributed by atoms with Gasteiger partial charge in [-0.05, 0) is 56.7 Å². The number of ether oxygens (including phenoxy) is 1. The van der Waals surface area contributed by atoms with Gasteiger partial charge in [-0.1, -0.05) is 6.07 Å². The molecule has 0 unspecified atom stereocenters. The van der Waals surface area contributed by atoms with Gasteiger partial charge in [0.25, 0.3) is 0 Å². The van der Waals surface area contributed by atoms with Crippen LogP contribution < -0.4 is 10.6 Å². The SMILES string of the molecule is Cn1c(=O)n(-c2ccc(N3CCN(C(=O)OC(C)(C)C)CC3)c(C(F)(F)F)c2)c2c3cc(-c4cnc(CO)nc4)ccc3ncc21. The van der Waals surface area contributed by atoms with Crippen LogP contribution in [0.3, 0.4) is 0 Å². The molecule has 5 aromatic rings. The van der Waals surface area contributed by atoms with Crippen molar-refractivity contribution in [1.82, 2.24) is 29.0 Å². The maximum absolute atomic E-state index is 14.6. The number of aromatic nitrogens is 5. The maximum atomic E-state index is 14.6. The molecule has 1 amide bonds. The highest BCUT2D eigenvalue weighted by atomic mass is 19.4. The summed E-state index contributed by atoms with van der Waals surface area (Å²) in [6.07, 6.45) is -0.578. The van der Waals surface area contributed by atoms with E-state index < -0.39 is 29.1 Å². The fourth-order valence-corrected chi connectivity index (χ4v) is 5.62.